The third-order valence-corrected chi connectivity index (χ3v) is 6.38. The maximum absolute atomic E-state index is 9.07. The molecule has 0 bridgehead atoms. The molecule has 0 unspecified atom stereocenters. The fourth-order valence-electron chi connectivity index (χ4n) is 2.99. The highest BCUT2D eigenvalue weighted by molar-refractivity contribution is 6.43. The average Bonchev–Trinajstić information content (AvgIpc) is 2.84. The molecule has 3 fully saturated rings. The lowest BCUT2D eigenvalue weighted by Gasteiger charge is -2.36. The van der Waals surface area contributed by atoms with Gasteiger partial charge in [-0.15, -0.1) is 0 Å². The second-order valence-corrected chi connectivity index (χ2v) is 9.56. The molecule has 3 aliphatic rings. The lowest BCUT2D eigenvalue weighted by Crippen LogP contribution is -2.44. The Labute approximate surface area is 194 Å². The summed E-state index contributed by atoms with van der Waals surface area (Å²) in [6.45, 7) is 15.7. The second kappa shape index (κ2) is 14.3. The summed E-state index contributed by atoms with van der Waals surface area (Å²) in [6, 6.07) is 0. The van der Waals surface area contributed by atoms with E-state index in [0.29, 0.717) is 39.6 Å². The summed E-state index contributed by atoms with van der Waals surface area (Å²) in [4.78, 5) is 0. The van der Waals surface area contributed by atoms with E-state index in [0.717, 1.165) is 12.8 Å². The van der Waals surface area contributed by atoms with Crippen molar-refractivity contribution in [1.82, 2.24) is 0 Å². The van der Waals surface area contributed by atoms with Gasteiger partial charge in [-0.05, 0) is 33.3 Å². The second-order valence-electron chi connectivity index (χ2n) is 9.56. The van der Waals surface area contributed by atoms with Crippen molar-refractivity contribution in [2.45, 2.75) is 54.1 Å². The van der Waals surface area contributed by atoms with E-state index in [4.69, 9.17) is 43.2 Å². The molecule has 0 radical (unpaired) electrons. The van der Waals surface area contributed by atoms with Crippen molar-refractivity contribution in [3.63, 3.8) is 0 Å². The zero-order chi connectivity index (χ0) is 24.3. The van der Waals surface area contributed by atoms with Crippen LogP contribution in [-0.2, 0) is 27.9 Å². The molecule has 12 heteroatoms. The Morgan fingerprint density at radius 1 is 0.562 bits per heavy atom. The first-order valence-corrected chi connectivity index (χ1v) is 11.6. The van der Waals surface area contributed by atoms with Crippen LogP contribution in [0, 0.1) is 16.2 Å². The molecule has 0 spiro atoms. The van der Waals surface area contributed by atoms with Crippen molar-refractivity contribution >= 4 is 21.4 Å². The summed E-state index contributed by atoms with van der Waals surface area (Å²) in [6.07, 6.45) is 1.80. The van der Waals surface area contributed by atoms with Gasteiger partial charge in [-0.25, -0.2) is 0 Å². The first-order chi connectivity index (χ1) is 15.1. The van der Waals surface area contributed by atoms with Gasteiger partial charge in [0.2, 0.25) is 0 Å². The fourth-order valence-corrected chi connectivity index (χ4v) is 2.99. The Kier molecular flexibility index (Phi) is 13.3. The van der Waals surface area contributed by atoms with E-state index in [-0.39, 0.29) is 57.4 Å². The van der Waals surface area contributed by atoms with Gasteiger partial charge in [0, 0.05) is 55.9 Å². The number of hydrogen-bond acceptors (Lipinski definition) is 9. The molecule has 32 heavy (non-hydrogen) atoms. The van der Waals surface area contributed by atoms with E-state index in [2.05, 4.69) is 0 Å². The molecular formula is C20H43B3O9. The van der Waals surface area contributed by atoms with Crippen molar-refractivity contribution in [3.8, 4) is 0 Å². The minimum absolute atomic E-state index is 0.110. The smallest absolute Gasteiger partial charge is 0.411 e. The van der Waals surface area contributed by atoms with Crippen LogP contribution in [0.4, 0.5) is 0 Å². The van der Waals surface area contributed by atoms with E-state index in [1.807, 2.05) is 41.2 Å². The lowest BCUT2D eigenvalue weighted by atomic mass is 9.82. The van der Waals surface area contributed by atoms with E-state index in [9.17, 15) is 0 Å². The zero-order valence-electron chi connectivity index (χ0n) is 20.8. The van der Waals surface area contributed by atoms with Gasteiger partial charge in [0.05, 0.1) is 19.8 Å². The van der Waals surface area contributed by atoms with Crippen LogP contribution in [-0.4, -0.2) is 96.1 Å². The monoisotopic (exact) mass is 460 g/mol. The maximum atomic E-state index is 9.07. The summed E-state index contributed by atoms with van der Waals surface area (Å²) in [5.74, 6) is 0. The molecule has 9 nitrogen and oxygen atoms in total. The van der Waals surface area contributed by atoms with Crippen LogP contribution in [0.1, 0.15) is 33.6 Å². The predicted molar refractivity (Wildman–Crippen MR) is 125 cm³/mol. The van der Waals surface area contributed by atoms with Crippen molar-refractivity contribution in [2.75, 3.05) is 59.5 Å². The third kappa shape index (κ3) is 9.60. The number of hydrogen-bond donors (Lipinski definition) is 3. The van der Waals surface area contributed by atoms with E-state index < -0.39 is 0 Å². The Bertz CT molecular complexity index is 449. The summed E-state index contributed by atoms with van der Waals surface area (Å²) < 4.78 is 31.6. The van der Waals surface area contributed by atoms with E-state index in [1.165, 1.54) is 0 Å². The van der Waals surface area contributed by atoms with Gasteiger partial charge in [0.25, 0.3) is 0 Å². The normalized spacial score (nSPS) is 24.1. The topological polar surface area (TPSA) is 116 Å². The number of rotatable bonds is 5. The van der Waals surface area contributed by atoms with Crippen LogP contribution in [0.5, 0.6) is 0 Å². The molecule has 3 saturated heterocycles. The quantitative estimate of drug-likeness (QED) is 0.522. The van der Waals surface area contributed by atoms with Crippen LogP contribution in [0.25, 0.3) is 0 Å². The first kappa shape index (κ1) is 29.9. The highest BCUT2D eigenvalue weighted by Gasteiger charge is 2.36. The molecule has 0 aromatic carbocycles. The lowest BCUT2D eigenvalue weighted by molar-refractivity contribution is -0.0314. The van der Waals surface area contributed by atoms with Gasteiger partial charge in [0.15, 0.2) is 0 Å². The molecule has 3 heterocycles. The summed E-state index contributed by atoms with van der Waals surface area (Å²) in [5, 5.41) is 27.0. The van der Waals surface area contributed by atoms with Crippen LogP contribution in [0.15, 0.2) is 0 Å². The zero-order valence-corrected chi connectivity index (χ0v) is 20.8. The Morgan fingerprint density at radius 3 is 1.06 bits per heavy atom. The standard InChI is InChI=1S/2C7H15BO3.C6H13BO3/c2*1-3-7(4-9)5-10-8(2)11-6-7;1-6(3-8)4-9-7(2)10-5-6/h2*9H,3-6H2,1-2H3;8H,3-5H2,1-2H3. The van der Waals surface area contributed by atoms with E-state index in [1.54, 1.807) is 0 Å². The van der Waals surface area contributed by atoms with Crippen LogP contribution in [0.2, 0.25) is 20.5 Å². The molecule has 0 saturated carbocycles. The Morgan fingerprint density at radius 2 is 0.844 bits per heavy atom. The van der Waals surface area contributed by atoms with Crippen molar-refractivity contribution < 1.29 is 43.2 Å². The highest BCUT2D eigenvalue weighted by Crippen LogP contribution is 2.27. The number of aliphatic hydroxyl groups is 3. The third-order valence-electron chi connectivity index (χ3n) is 6.38. The van der Waals surface area contributed by atoms with Crippen molar-refractivity contribution in [1.29, 1.82) is 0 Å². The Hall–Kier alpha value is -0.165. The van der Waals surface area contributed by atoms with Crippen LogP contribution < -0.4 is 0 Å². The Balaban J connectivity index is 0.000000240. The van der Waals surface area contributed by atoms with Gasteiger partial charge in [-0.3, -0.25) is 0 Å². The van der Waals surface area contributed by atoms with Crippen LogP contribution in [0.3, 0.4) is 0 Å². The summed E-state index contributed by atoms with van der Waals surface area (Å²) >= 11 is 0. The molecule has 0 atom stereocenters. The summed E-state index contributed by atoms with van der Waals surface area (Å²) in [7, 11) is -0.331. The highest BCUT2D eigenvalue weighted by atomic mass is 16.6. The molecule has 3 aliphatic heterocycles. The van der Waals surface area contributed by atoms with Gasteiger partial charge in [-0.1, -0.05) is 20.8 Å². The molecular weight excluding hydrogens is 417 g/mol. The summed E-state index contributed by atoms with van der Waals surface area (Å²) in [5.41, 5.74) is -0.481. The maximum Gasteiger partial charge on any atom is 0.453 e. The fraction of sp³-hybridized carbons (Fsp3) is 1.00. The number of aliphatic hydroxyl groups excluding tert-OH is 3. The largest absolute Gasteiger partial charge is 0.453 e. The van der Waals surface area contributed by atoms with Gasteiger partial charge >= 0.3 is 21.4 Å². The molecule has 0 amide bonds. The SMILES string of the molecule is CB1OCC(C)(CO)CO1.CCC1(CO)COB(C)OC1.CCC1(CO)COB(C)OC1. The van der Waals surface area contributed by atoms with Gasteiger partial charge < -0.3 is 43.2 Å². The van der Waals surface area contributed by atoms with Crippen LogP contribution >= 0.6 is 0 Å². The molecule has 0 aliphatic carbocycles. The molecule has 186 valence electrons. The predicted octanol–water partition coefficient (Wildman–Crippen LogP) is 1.23. The van der Waals surface area contributed by atoms with E-state index >= 15 is 0 Å². The average molecular weight is 460 g/mol. The van der Waals surface area contributed by atoms with Crippen molar-refractivity contribution in [2.24, 2.45) is 16.2 Å². The first-order valence-electron chi connectivity index (χ1n) is 11.6. The minimum Gasteiger partial charge on any atom is -0.411 e. The van der Waals surface area contributed by atoms with Gasteiger partial charge in [0.1, 0.15) is 0 Å². The molecule has 0 aromatic rings. The van der Waals surface area contributed by atoms with Crippen molar-refractivity contribution in [3.05, 3.63) is 0 Å². The molecule has 0 aromatic heterocycles. The molecule has 3 N–H and O–H groups in total. The minimum atomic E-state index is -0.188. The van der Waals surface area contributed by atoms with Gasteiger partial charge in [-0.2, -0.15) is 0 Å². The molecule has 3 rings (SSSR count).